The minimum Gasteiger partial charge on any atom is -0.481 e. The molecule has 18 heavy (non-hydrogen) atoms. The van der Waals surface area contributed by atoms with Crippen LogP contribution in [0.2, 0.25) is 0 Å². The molecule has 0 unspecified atom stereocenters. The molecule has 0 atom stereocenters. The van der Waals surface area contributed by atoms with Gasteiger partial charge < -0.3 is 9.67 Å². The lowest BCUT2D eigenvalue weighted by Crippen LogP contribution is -2.09. The number of thioether (sulfide) groups is 1. The van der Waals surface area contributed by atoms with E-state index in [2.05, 4.69) is 20.5 Å². The molecule has 2 rings (SSSR count). The number of imidazole rings is 1. The van der Waals surface area contributed by atoms with Gasteiger partial charge in [-0.05, 0) is 10.4 Å². The van der Waals surface area contributed by atoms with E-state index in [9.17, 15) is 4.79 Å². The topological polar surface area (TPSA) is 98.7 Å². The summed E-state index contributed by atoms with van der Waals surface area (Å²) in [5.74, 6) is -0.0127. The van der Waals surface area contributed by atoms with Crippen LogP contribution in [0, 0.1) is 0 Å². The Morgan fingerprint density at radius 1 is 1.56 bits per heavy atom. The highest BCUT2D eigenvalue weighted by atomic mass is 32.2. The van der Waals surface area contributed by atoms with Crippen LogP contribution in [0.25, 0.3) is 0 Å². The lowest BCUT2D eigenvalue weighted by Gasteiger charge is -2.03. The number of hydrogen-bond donors (Lipinski definition) is 1. The molecule has 2 heterocycles. The van der Waals surface area contributed by atoms with Crippen LogP contribution in [0.4, 0.5) is 0 Å². The Bertz CT molecular complexity index is 537. The number of carbonyl (C=O) groups is 1. The van der Waals surface area contributed by atoms with Gasteiger partial charge in [0.15, 0.2) is 0 Å². The molecule has 0 aliphatic carbocycles. The van der Waals surface area contributed by atoms with Crippen molar-refractivity contribution >= 4 is 17.7 Å². The van der Waals surface area contributed by atoms with Crippen molar-refractivity contribution < 1.29 is 9.90 Å². The molecule has 0 amide bonds. The Kier molecular flexibility index (Phi) is 3.92. The normalized spacial score (nSPS) is 10.7. The van der Waals surface area contributed by atoms with Gasteiger partial charge in [0.1, 0.15) is 5.82 Å². The van der Waals surface area contributed by atoms with Gasteiger partial charge in [0.2, 0.25) is 5.16 Å². The third-order valence-corrected chi connectivity index (χ3v) is 3.23. The molecule has 2 aromatic heterocycles. The van der Waals surface area contributed by atoms with Gasteiger partial charge in [-0.3, -0.25) is 4.79 Å². The van der Waals surface area contributed by atoms with E-state index in [1.54, 1.807) is 10.9 Å². The van der Waals surface area contributed by atoms with Gasteiger partial charge in [-0.15, -0.1) is 5.10 Å². The highest BCUT2D eigenvalue weighted by Gasteiger charge is 2.10. The number of carboxylic acids is 1. The van der Waals surface area contributed by atoms with Crippen molar-refractivity contribution in [3.05, 3.63) is 18.2 Å². The SMILES string of the molecule is Cn1ccnc1CCn1nnnc1SCC(=O)O. The molecular weight excluding hydrogens is 256 g/mol. The Labute approximate surface area is 107 Å². The zero-order chi connectivity index (χ0) is 13.0. The second-order valence-corrected chi connectivity index (χ2v) is 4.51. The van der Waals surface area contributed by atoms with Crippen molar-refractivity contribution in [2.45, 2.75) is 18.1 Å². The van der Waals surface area contributed by atoms with Gasteiger partial charge in [-0.1, -0.05) is 11.8 Å². The first-order valence-corrected chi connectivity index (χ1v) is 6.22. The molecule has 9 heteroatoms. The van der Waals surface area contributed by atoms with Crippen LogP contribution in [0.1, 0.15) is 5.82 Å². The lowest BCUT2D eigenvalue weighted by molar-refractivity contribution is -0.133. The average Bonchev–Trinajstić information content (AvgIpc) is 2.92. The van der Waals surface area contributed by atoms with E-state index in [-0.39, 0.29) is 5.75 Å². The molecular formula is C9H12N6O2S. The average molecular weight is 268 g/mol. The van der Waals surface area contributed by atoms with Gasteiger partial charge in [0, 0.05) is 25.9 Å². The zero-order valence-electron chi connectivity index (χ0n) is 9.72. The minimum absolute atomic E-state index is 0.0528. The number of hydrogen-bond acceptors (Lipinski definition) is 6. The molecule has 0 aromatic carbocycles. The quantitative estimate of drug-likeness (QED) is 0.726. The molecule has 1 N–H and O–H groups in total. The van der Waals surface area contributed by atoms with Crippen molar-refractivity contribution in [2.75, 3.05) is 5.75 Å². The van der Waals surface area contributed by atoms with Crippen molar-refractivity contribution in [2.24, 2.45) is 7.05 Å². The maximum absolute atomic E-state index is 10.5. The van der Waals surface area contributed by atoms with Crippen LogP contribution >= 0.6 is 11.8 Å². The van der Waals surface area contributed by atoms with E-state index >= 15 is 0 Å². The number of rotatable bonds is 6. The van der Waals surface area contributed by atoms with E-state index < -0.39 is 5.97 Å². The molecule has 0 saturated heterocycles. The third kappa shape index (κ3) is 3.06. The van der Waals surface area contributed by atoms with E-state index in [0.29, 0.717) is 18.1 Å². The zero-order valence-corrected chi connectivity index (χ0v) is 10.5. The molecule has 0 fully saturated rings. The predicted molar refractivity (Wildman–Crippen MR) is 63.1 cm³/mol. The van der Waals surface area contributed by atoms with Gasteiger partial charge in [0.25, 0.3) is 0 Å². The van der Waals surface area contributed by atoms with E-state index in [0.717, 1.165) is 17.6 Å². The van der Waals surface area contributed by atoms with E-state index in [1.165, 1.54) is 0 Å². The Morgan fingerprint density at radius 2 is 2.39 bits per heavy atom. The first-order chi connectivity index (χ1) is 8.66. The van der Waals surface area contributed by atoms with E-state index in [4.69, 9.17) is 5.11 Å². The number of carboxylic acid groups (broad SMARTS) is 1. The Balaban J connectivity index is 1.95. The molecule has 0 aliphatic rings. The van der Waals surface area contributed by atoms with Crippen LogP contribution in [0.15, 0.2) is 17.6 Å². The number of nitrogens with zero attached hydrogens (tertiary/aromatic N) is 6. The lowest BCUT2D eigenvalue weighted by atomic mass is 10.4. The van der Waals surface area contributed by atoms with E-state index in [1.807, 2.05) is 17.8 Å². The van der Waals surface area contributed by atoms with Gasteiger partial charge in [-0.25, -0.2) is 9.67 Å². The second-order valence-electron chi connectivity index (χ2n) is 3.57. The van der Waals surface area contributed by atoms with Crippen molar-refractivity contribution in [3.63, 3.8) is 0 Å². The van der Waals surface area contributed by atoms with Crippen LogP contribution < -0.4 is 0 Å². The number of tetrazole rings is 1. The fourth-order valence-electron chi connectivity index (χ4n) is 1.41. The summed E-state index contributed by atoms with van der Waals surface area (Å²) in [4.78, 5) is 14.7. The molecule has 2 aromatic rings. The standard InChI is InChI=1S/C9H12N6O2S/c1-14-5-3-10-7(14)2-4-15-9(11-12-13-15)18-6-8(16)17/h3,5H,2,4,6H2,1H3,(H,16,17). The van der Waals surface area contributed by atoms with Crippen molar-refractivity contribution in [1.82, 2.24) is 29.8 Å². The van der Waals surface area contributed by atoms with Crippen LogP contribution in [-0.4, -0.2) is 46.6 Å². The summed E-state index contributed by atoms with van der Waals surface area (Å²) >= 11 is 1.10. The highest BCUT2D eigenvalue weighted by Crippen LogP contribution is 2.13. The first kappa shape index (κ1) is 12.6. The fourth-order valence-corrected chi connectivity index (χ4v) is 2.03. The summed E-state index contributed by atoms with van der Waals surface area (Å²) in [6, 6.07) is 0. The molecule has 0 aliphatic heterocycles. The molecule has 96 valence electrons. The smallest absolute Gasteiger partial charge is 0.313 e. The molecule has 0 bridgehead atoms. The predicted octanol–water partition coefficient (Wildman–Crippen LogP) is -0.174. The summed E-state index contributed by atoms with van der Waals surface area (Å²) in [6.07, 6.45) is 4.29. The number of aliphatic carboxylic acids is 1. The third-order valence-electron chi connectivity index (χ3n) is 2.29. The minimum atomic E-state index is -0.890. The van der Waals surface area contributed by atoms with Gasteiger partial charge in [-0.2, -0.15) is 0 Å². The largest absolute Gasteiger partial charge is 0.481 e. The monoisotopic (exact) mass is 268 g/mol. The van der Waals surface area contributed by atoms with Crippen LogP contribution in [0.5, 0.6) is 0 Å². The van der Waals surface area contributed by atoms with Gasteiger partial charge in [0.05, 0.1) is 12.3 Å². The number of aromatic nitrogens is 6. The van der Waals surface area contributed by atoms with Crippen molar-refractivity contribution in [3.8, 4) is 0 Å². The maximum Gasteiger partial charge on any atom is 0.313 e. The summed E-state index contributed by atoms with van der Waals surface area (Å²) < 4.78 is 3.51. The Morgan fingerprint density at radius 3 is 3.06 bits per heavy atom. The highest BCUT2D eigenvalue weighted by molar-refractivity contribution is 7.99. The summed E-state index contributed by atoms with van der Waals surface area (Å²) in [5, 5.41) is 20.3. The van der Waals surface area contributed by atoms with Crippen LogP contribution in [0.3, 0.4) is 0 Å². The molecule has 0 saturated carbocycles. The molecule has 0 radical (unpaired) electrons. The Hall–Kier alpha value is -1.90. The second kappa shape index (κ2) is 5.63. The molecule has 8 nitrogen and oxygen atoms in total. The number of aryl methyl sites for hydroxylation is 3. The summed E-state index contributed by atoms with van der Waals surface area (Å²) in [5.41, 5.74) is 0. The first-order valence-electron chi connectivity index (χ1n) is 5.24. The van der Waals surface area contributed by atoms with Crippen LogP contribution in [-0.2, 0) is 24.8 Å². The summed E-state index contributed by atoms with van der Waals surface area (Å²) in [7, 11) is 1.92. The summed E-state index contributed by atoms with van der Waals surface area (Å²) in [6.45, 7) is 0.569. The molecule has 0 spiro atoms. The van der Waals surface area contributed by atoms with Crippen molar-refractivity contribution in [1.29, 1.82) is 0 Å². The fraction of sp³-hybridized carbons (Fsp3) is 0.444. The van der Waals surface area contributed by atoms with Gasteiger partial charge >= 0.3 is 5.97 Å². The maximum atomic E-state index is 10.5.